The Morgan fingerprint density at radius 3 is 2.85 bits per heavy atom. The van der Waals surface area contributed by atoms with Crippen molar-refractivity contribution in [2.45, 2.75) is 50.2 Å². The normalized spacial score (nSPS) is 29.5. The van der Waals surface area contributed by atoms with Crippen molar-refractivity contribution in [1.29, 1.82) is 0 Å². The average molecular weight is 417 g/mol. The molecule has 150 valence electrons. The van der Waals surface area contributed by atoms with Crippen molar-refractivity contribution >= 4 is 29.1 Å². The van der Waals surface area contributed by atoms with E-state index in [9.17, 15) is 9.90 Å². The van der Waals surface area contributed by atoms with Gasteiger partial charge in [0, 0.05) is 26.2 Å². The minimum Gasteiger partial charge on any atom is -0.389 e. The molecule has 0 unspecified atom stereocenters. The Balaban J connectivity index is 1.73. The van der Waals surface area contributed by atoms with E-state index in [0.717, 1.165) is 18.4 Å². The molecule has 2 aliphatic heterocycles. The van der Waals surface area contributed by atoms with Gasteiger partial charge in [0.2, 0.25) is 5.91 Å². The van der Waals surface area contributed by atoms with Crippen LogP contribution in [-0.2, 0) is 20.8 Å². The molecule has 0 saturated carbocycles. The highest BCUT2D eigenvalue weighted by molar-refractivity contribution is 6.42. The lowest BCUT2D eigenvalue weighted by Gasteiger charge is -2.44. The first-order valence-corrected chi connectivity index (χ1v) is 10.0. The molecule has 1 aromatic rings. The SMILES string of the molecule is CNC(=O)C[C@H]1CC[C@@H]2[C@H](COC[C@H](O)CN2Cc2ccc(Cl)c(Cl)c2)O1. The fourth-order valence-electron chi connectivity index (χ4n) is 3.81. The van der Waals surface area contributed by atoms with E-state index < -0.39 is 6.10 Å². The Bertz CT molecular complexity index is 661. The van der Waals surface area contributed by atoms with Gasteiger partial charge in [-0.05, 0) is 30.5 Å². The zero-order chi connectivity index (χ0) is 19.4. The highest BCUT2D eigenvalue weighted by Gasteiger charge is 2.37. The Kier molecular flexibility index (Phi) is 7.36. The average Bonchev–Trinajstić information content (AvgIpc) is 2.63. The number of hydrogen-bond acceptors (Lipinski definition) is 5. The van der Waals surface area contributed by atoms with E-state index in [4.69, 9.17) is 32.7 Å². The van der Waals surface area contributed by atoms with E-state index in [1.807, 2.05) is 12.1 Å². The number of benzene rings is 1. The van der Waals surface area contributed by atoms with Crippen LogP contribution in [0.3, 0.4) is 0 Å². The highest BCUT2D eigenvalue weighted by atomic mass is 35.5. The molecule has 2 heterocycles. The minimum absolute atomic E-state index is 0.0201. The Hall–Kier alpha value is -0.890. The third-order valence-corrected chi connectivity index (χ3v) is 5.89. The fourth-order valence-corrected chi connectivity index (χ4v) is 4.13. The topological polar surface area (TPSA) is 71.0 Å². The summed E-state index contributed by atoms with van der Waals surface area (Å²) < 4.78 is 11.8. The van der Waals surface area contributed by atoms with Gasteiger partial charge in [0.15, 0.2) is 0 Å². The van der Waals surface area contributed by atoms with Crippen LogP contribution in [0, 0.1) is 0 Å². The van der Waals surface area contributed by atoms with Crippen LogP contribution in [0.1, 0.15) is 24.8 Å². The lowest BCUT2D eigenvalue weighted by Crippen LogP contribution is -2.55. The second kappa shape index (κ2) is 9.54. The number of carbonyl (C=O) groups excluding carboxylic acids is 1. The fraction of sp³-hybridized carbons (Fsp3) is 0.632. The summed E-state index contributed by atoms with van der Waals surface area (Å²) in [7, 11) is 1.63. The smallest absolute Gasteiger partial charge is 0.222 e. The summed E-state index contributed by atoms with van der Waals surface area (Å²) in [5, 5.41) is 13.9. The van der Waals surface area contributed by atoms with Crippen molar-refractivity contribution in [3.05, 3.63) is 33.8 Å². The Morgan fingerprint density at radius 2 is 2.11 bits per heavy atom. The molecule has 0 aliphatic carbocycles. The highest BCUT2D eigenvalue weighted by Crippen LogP contribution is 2.30. The molecule has 2 N–H and O–H groups in total. The lowest BCUT2D eigenvalue weighted by molar-refractivity contribution is -0.158. The number of hydrogen-bond donors (Lipinski definition) is 2. The molecule has 4 atom stereocenters. The van der Waals surface area contributed by atoms with Crippen LogP contribution in [0.25, 0.3) is 0 Å². The number of carbonyl (C=O) groups is 1. The van der Waals surface area contributed by atoms with Crippen LogP contribution in [0.4, 0.5) is 0 Å². The minimum atomic E-state index is -0.558. The monoisotopic (exact) mass is 416 g/mol. The second-order valence-electron chi connectivity index (χ2n) is 7.19. The zero-order valence-corrected chi connectivity index (χ0v) is 16.9. The lowest BCUT2D eigenvalue weighted by atomic mass is 9.94. The molecule has 27 heavy (non-hydrogen) atoms. The first-order chi connectivity index (χ1) is 13.0. The predicted octanol–water partition coefficient (Wildman–Crippen LogP) is 2.24. The number of nitrogens with one attached hydrogen (secondary N) is 1. The van der Waals surface area contributed by atoms with E-state index in [2.05, 4.69) is 10.2 Å². The molecular formula is C19H26Cl2N2O4. The third-order valence-electron chi connectivity index (χ3n) is 5.15. The van der Waals surface area contributed by atoms with Crippen LogP contribution in [0.5, 0.6) is 0 Å². The first kappa shape index (κ1) is 20.8. The van der Waals surface area contributed by atoms with Gasteiger partial charge in [-0.3, -0.25) is 9.69 Å². The quantitative estimate of drug-likeness (QED) is 0.787. The second-order valence-corrected chi connectivity index (χ2v) is 8.00. The van der Waals surface area contributed by atoms with Gasteiger partial charge in [-0.1, -0.05) is 29.3 Å². The molecule has 3 rings (SSSR count). The van der Waals surface area contributed by atoms with Gasteiger partial charge >= 0.3 is 0 Å². The number of fused-ring (bicyclic) bond motifs is 1. The summed E-state index contributed by atoms with van der Waals surface area (Å²) in [5.74, 6) is -0.0201. The number of rotatable bonds is 4. The molecule has 0 spiro atoms. The van der Waals surface area contributed by atoms with Crippen LogP contribution in [0.15, 0.2) is 18.2 Å². The van der Waals surface area contributed by atoms with Crippen molar-refractivity contribution < 1.29 is 19.4 Å². The van der Waals surface area contributed by atoms with E-state index >= 15 is 0 Å². The molecule has 1 aromatic carbocycles. The number of aliphatic hydroxyl groups is 1. The zero-order valence-electron chi connectivity index (χ0n) is 15.4. The van der Waals surface area contributed by atoms with Gasteiger partial charge in [-0.2, -0.15) is 0 Å². The number of aliphatic hydroxyl groups excluding tert-OH is 1. The summed E-state index contributed by atoms with van der Waals surface area (Å²) in [6, 6.07) is 5.70. The molecule has 2 aliphatic rings. The van der Waals surface area contributed by atoms with E-state index in [1.165, 1.54) is 0 Å². The predicted molar refractivity (Wildman–Crippen MR) is 104 cm³/mol. The van der Waals surface area contributed by atoms with Crippen molar-refractivity contribution in [2.24, 2.45) is 0 Å². The van der Waals surface area contributed by atoms with Crippen molar-refractivity contribution in [3.63, 3.8) is 0 Å². The van der Waals surface area contributed by atoms with Gasteiger partial charge in [0.25, 0.3) is 0 Å². The van der Waals surface area contributed by atoms with Crippen LogP contribution in [-0.4, -0.2) is 67.1 Å². The van der Waals surface area contributed by atoms with Crippen molar-refractivity contribution in [1.82, 2.24) is 10.2 Å². The summed E-state index contributed by atoms with van der Waals surface area (Å²) in [6.07, 6.45) is 1.23. The van der Waals surface area contributed by atoms with Crippen LogP contribution < -0.4 is 5.32 Å². The summed E-state index contributed by atoms with van der Waals surface area (Å²) in [5.41, 5.74) is 1.03. The Labute approximate surface area is 169 Å². The molecular weight excluding hydrogens is 391 g/mol. The van der Waals surface area contributed by atoms with Crippen molar-refractivity contribution in [2.75, 3.05) is 26.8 Å². The largest absolute Gasteiger partial charge is 0.389 e. The van der Waals surface area contributed by atoms with Gasteiger partial charge in [0.1, 0.15) is 0 Å². The molecule has 0 bridgehead atoms. The summed E-state index contributed by atoms with van der Waals surface area (Å²) in [4.78, 5) is 13.9. The standard InChI is InChI=1S/C19H26Cl2N2O4/c1-22-19(25)7-14-3-5-17-18(27-14)11-26-10-13(24)9-23(17)8-12-2-4-15(20)16(21)6-12/h2,4,6,13-14,17-18,24H,3,5,7-11H2,1H3,(H,22,25)/t13-,14-,17-,18+/m1/s1. The van der Waals surface area contributed by atoms with Crippen LogP contribution in [0.2, 0.25) is 10.0 Å². The molecule has 2 saturated heterocycles. The number of nitrogens with zero attached hydrogens (tertiary/aromatic N) is 1. The summed E-state index contributed by atoms with van der Waals surface area (Å²) in [6.45, 7) is 1.80. The van der Waals surface area contributed by atoms with Crippen molar-refractivity contribution in [3.8, 4) is 0 Å². The number of halogens is 2. The van der Waals surface area contributed by atoms with E-state index in [0.29, 0.717) is 36.2 Å². The Morgan fingerprint density at radius 1 is 1.30 bits per heavy atom. The van der Waals surface area contributed by atoms with E-state index in [-0.39, 0.29) is 30.8 Å². The molecule has 8 heteroatoms. The number of amides is 1. The maximum Gasteiger partial charge on any atom is 0.222 e. The molecule has 0 aromatic heterocycles. The van der Waals surface area contributed by atoms with Gasteiger partial charge in [-0.25, -0.2) is 0 Å². The number of β-amino-alcohol motifs (C(OH)–C–C–N with tert-alkyl or cyclic N) is 1. The maximum atomic E-state index is 11.7. The van der Waals surface area contributed by atoms with Gasteiger partial charge in [0.05, 0.1) is 48.0 Å². The molecule has 1 amide bonds. The molecule has 6 nitrogen and oxygen atoms in total. The molecule has 0 radical (unpaired) electrons. The van der Waals surface area contributed by atoms with Gasteiger partial charge < -0.3 is 19.9 Å². The van der Waals surface area contributed by atoms with Gasteiger partial charge in [-0.15, -0.1) is 0 Å². The maximum absolute atomic E-state index is 11.7. The first-order valence-electron chi connectivity index (χ1n) is 9.26. The number of ether oxygens (including phenoxy) is 2. The third kappa shape index (κ3) is 5.56. The molecule has 2 fully saturated rings. The van der Waals surface area contributed by atoms with E-state index in [1.54, 1.807) is 13.1 Å². The summed E-state index contributed by atoms with van der Waals surface area (Å²) >= 11 is 12.2. The van der Waals surface area contributed by atoms with Crippen LogP contribution >= 0.6 is 23.2 Å².